The molecule has 0 aliphatic rings. The number of nitrogens with zero attached hydrogens (tertiary/aromatic N) is 2. The van der Waals surface area contributed by atoms with Gasteiger partial charge in [-0.25, -0.2) is 9.59 Å². The second-order valence-electron chi connectivity index (χ2n) is 3.33. The molecule has 17 heavy (non-hydrogen) atoms. The summed E-state index contributed by atoms with van der Waals surface area (Å²) >= 11 is 0. The molecule has 7 heteroatoms. The highest BCUT2D eigenvalue weighted by atomic mass is 16.5. The van der Waals surface area contributed by atoms with Gasteiger partial charge >= 0.3 is 11.9 Å². The molecule has 0 amide bonds. The number of rotatable bonds is 4. The summed E-state index contributed by atoms with van der Waals surface area (Å²) in [5, 5.41) is 3.90. The smallest absolute Gasteiger partial charge is 0.360 e. The number of nitrogen functional groups attached to an aromatic ring is 1. The summed E-state index contributed by atoms with van der Waals surface area (Å²) in [7, 11) is 1.23. The van der Waals surface area contributed by atoms with E-state index >= 15 is 0 Å². The standard InChI is InChI=1S/C10H15N3O4/c1-4-17-9(14)6(2)13-5-7(11)8(12-13)10(15)16-3/h5-6H,4,11H2,1-3H3. The van der Waals surface area contributed by atoms with Crippen molar-refractivity contribution in [1.82, 2.24) is 9.78 Å². The lowest BCUT2D eigenvalue weighted by Gasteiger charge is -2.10. The molecule has 1 aromatic rings. The predicted octanol–water partition coefficient (Wildman–Crippen LogP) is 0.376. The second-order valence-corrected chi connectivity index (χ2v) is 3.33. The van der Waals surface area contributed by atoms with Crippen molar-refractivity contribution in [1.29, 1.82) is 0 Å². The molecular weight excluding hydrogens is 226 g/mol. The molecule has 0 aliphatic carbocycles. The zero-order valence-corrected chi connectivity index (χ0v) is 9.97. The van der Waals surface area contributed by atoms with E-state index in [0.29, 0.717) is 0 Å². The van der Waals surface area contributed by atoms with Crippen molar-refractivity contribution in [2.75, 3.05) is 19.5 Å². The van der Waals surface area contributed by atoms with Crippen LogP contribution >= 0.6 is 0 Å². The maximum Gasteiger partial charge on any atom is 0.360 e. The Morgan fingerprint density at radius 2 is 2.24 bits per heavy atom. The summed E-state index contributed by atoms with van der Waals surface area (Å²) in [6.45, 7) is 3.59. The first-order valence-corrected chi connectivity index (χ1v) is 5.10. The highest BCUT2D eigenvalue weighted by Crippen LogP contribution is 2.15. The fourth-order valence-corrected chi connectivity index (χ4v) is 1.23. The van der Waals surface area contributed by atoms with Crippen LogP contribution in [0.5, 0.6) is 0 Å². The van der Waals surface area contributed by atoms with Gasteiger partial charge in [0.25, 0.3) is 0 Å². The molecule has 0 aliphatic heterocycles. The Kier molecular flexibility index (Phi) is 4.08. The molecule has 7 nitrogen and oxygen atoms in total. The molecule has 1 atom stereocenters. The molecule has 1 rings (SSSR count). The van der Waals surface area contributed by atoms with Gasteiger partial charge in [-0.15, -0.1) is 0 Å². The number of carbonyl (C=O) groups is 2. The summed E-state index contributed by atoms with van der Waals surface area (Å²) in [5.41, 5.74) is 5.74. The van der Waals surface area contributed by atoms with Crippen molar-refractivity contribution in [3.8, 4) is 0 Å². The van der Waals surface area contributed by atoms with Crippen molar-refractivity contribution in [3.05, 3.63) is 11.9 Å². The fourth-order valence-electron chi connectivity index (χ4n) is 1.23. The number of carbonyl (C=O) groups excluding carboxylic acids is 2. The average Bonchev–Trinajstić information content (AvgIpc) is 2.69. The molecule has 1 heterocycles. The average molecular weight is 241 g/mol. The van der Waals surface area contributed by atoms with Gasteiger partial charge in [-0.3, -0.25) is 4.68 Å². The van der Waals surface area contributed by atoms with Crippen molar-refractivity contribution < 1.29 is 19.1 Å². The lowest BCUT2D eigenvalue weighted by Crippen LogP contribution is -2.20. The summed E-state index contributed by atoms with van der Waals surface area (Å²) in [5.74, 6) is -1.08. The molecule has 1 aromatic heterocycles. The van der Waals surface area contributed by atoms with Gasteiger partial charge in [-0.2, -0.15) is 5.10 Å². The van der Waals surface area contributed by atoms with E-state index in [-0.39, 0.29) is 18.0 Å². The van der Waals surface area contributed by atoms with E-state index in [2.05, 4.69) is 9.84 Å². The SMILES string of the molecule is CCOC(=O)C(C)n1cc(N)c(C(=O)OC)n1. The van der Waals surface area contributed by atoms with Crippen LogP contribution in [-0.4, -0.2) is 35.4 Å². The van der Waals surface area contributed by atoms with Crippen LogP contribution < -0.4 is 5.73 Å². The van der Waals surface area contributed by atoms with E-state index in [1.165, 1.54) is 18.0 Å². The van der Waals surface area contributed by atoms with Crippen molar-refractivity contribution in [2.45, 2.75) is 19.9 Å². The van der Waals surface area contributed by atoms with E-state index in [9.17, 15) is 9.59 Å². The van der Waals surface area contributed by atoms with Gasteiger partial charge in [0.05, 0.1) is 19.4 Å². The number of anilines is 1. The lowest BCUT2D eigenvalue weighted by molar-refractivity contribution is -0.146. The highest BCUT2D eigenvalue weighted by Gasteiger charge is 2.21. The quantitative estimate of drug-likeness (QED) is 0.765. The second kappa shape index (κ2) is 5.33. The Bertz CT molecular complexity index is 427. The summed E-state index contributed by atoms with van der Waals surface area (Å²) in [6.07, 6.45) is 1.40. The summed E-state index contributed by atoms with van der Waals surface area (Å²) < 4.78 is 10.6. The number of methoxy groups -OCH3 is 1. The molecule has 0 bridgehead atoms. The minimum absolute atomic E-state index is 0.0105. The Morgan fingerprint density at radius 3 is 2.76 bits per heavy atom. The monoisotopic (exact) mass is 241 g/mol. The van der Waals surface area contributed by atoms with Gasteiger partial charge in [0.2, 0.25) is 0 Å². The first-order chi connectivity index (χ1) is 8.01. The van der Waals surface area contributed by atoms with E-state index in [1.807, 2.05) is 0 Å². The molecule has 0 saturated carbocycles. The van der Waals surface area contributed by atoms with Crippen LogP contribution in [0, 0.1) is 0 Å². The molecule has 0 fully saturated rings. The topological polar surface area (TPSA) is 96.4 Å². The molecule has 1 unspecified atom stereocenters. The summed E-state index contributed by atoms with van der Waals surface area (Å²) in [6, 6.07) is -0.643. The third-order valence-corrected chi connectivity index (χ3v) is 2.16. The van der Waals surface area contributed by atoms with Gasteiger partial charge in [0.1, 0.15) is 6.04 Å². The Morgan fingerprint density at radius 1 is 1.59 bits per heavy atom. The van der Waals surface area contributed by atoms with E-state index < -0.39 is 18.0 Å². The predicted molar refractivity (Wildman–Crippen MR) is 59.3 cm³/mol. The van der Waals surface area contributed by atoms with Gasteiger partial charge < -0.3 is 15.2 Å². The number of nitrogens with two attached hydrogens (primary N) is 1. The van der Waals surface area contributed by atoms with Gasteiger partial charge in [0, 0.05) is 6.20 Å². The van der Waals surface area contributed by atoms with Crippen molar-refractivity contribution >= 4 is 17.6 Å². The van der Waals surface area contributed by atoms with Crippen LogP contribution in [0.1, 0.15) is 30.4 Å². The number of hydrogen-bond acceptors (Lipinski definition) is 6. The molecule has 2 N–H and O–H groups in total. The molecule has 0 aromatic carbocycles. The van der Waals surface area contributed by atoms with Crippen LogP contribution in [0.2, 0.25) is 0 Å². The summed E-state index contributed by atoms with van der Waals surface area (Å²) in [4.78, 5) is 22.7. The molecule has 0 radical (unpaired) electrons. The highest BCUT2D eigenvalue weighted by molar-refractivity contribution is 5.92. The zero-order chi connectivity index (χ0) is 13.0. The van der Waals surface area contributed by atoms with E-state index in [0.717, 1.165) is 0 Å². The lowest BCUT2D eigenvalue weighted by atomic mass is 10.3. The van der Waals surface area contributed by atoms with Crippen molar-refractivity contribution in [2.24, 2.45) is 0 Å². The first-order valence-electron chi connectivity index (χ1n) is 5.10. The van der Waals surface area contributed by atoms with Crippen LogP contribution in [0.3, 0.4) is 0 Å². The largest absolute Gasteiger partial charge is 0.464 e. The van der Waals surface area contributed by atoms with Crippen molar-refractivity contribution in [3.63, 3.8) is 0 Å². The minimum Gasteiger partial charge on any atom is -0.464 e. The number of aromatic nitrogens is 2. The Balaban J connectivity index is 2.93. The van der Waals surface area contributed by atoms with Crippen LogP contribution in [-0.2, 0) is 14.3 Å². The van der Waals surface area contributed by atoms with E-state index in [4.69, 9.17) is 10.5 Å². The third-order valence-electron chi connectivity index (χ3n) is 2.16. The Hall–Kier alpha value is -2.05. The normalized spacial score (nSPS) is 11.9. The van der Waals surface area contributed by atoms with Crippen LogP contribution in [0.25, 0.3) is 0 Å². The number of esters is 2. The van der Waals surface area contributed by atoms with Gasteiger partial charge in [-0.1, -0.05) is 0 Å². The molecular formula is C10H15N3O4. The fraction of sp³-hybridized carbons (Fsp3) is 0.500. The zero-order valence-electron chi connectivity index (χ0n) is 9.97. The first kappa shape index (κ1) is 13.0. The molecule has 0 saturated heterocycles. The van der Waals surface area contributed by atoms with E-state index in [1.54, 1.807) is 13.8 Å². The number of ether oxygens (including phenoxy) is 2. The minimum atomic E-state index is -0.643. The maximum absolute atomic E-state index is 11.5. The number of hydrogen-bond donors (Lipinski definition) is 1. The van der Waals surface area contributed by atoms with Crippen LogP contribution in [0.15, 0.2) is 6.20 Å². The maximum atomic E-state index is 11.5. The van der Waals surface area contributed by atoms with Gasteiger partial charge in [0.15, 0.2) is 5.69 Å². The van der Waals surface area contributed by atoms with Crippen LogP contribution in [0.4, 0.5) is 5.69 Å². The Labute approximate surface area is 98.5 Å². The third kappa shape index (κ3) is 2.74. The molecule has 0 spiro atoms. The van der Waals surface area contributed by atoms with Gasteiger partial charge in [-0.05, 0) is 13.8 Å². The molecule has 94 valence electrons.